The van der Waals surface area contributed by atoms with Crippen LogP contribution < -0.4 is 20.3 Å². The number of hydrogen-bond donors (Lipinski definition) is 1. The first kappa shape index (κ1) is 20.9. The van der Waals surface area contributed by atoms with E-state index in [1.807, 2.05) is 0 Å². The van der Waals surface area contributed by atoms with E-state index in [0.29, 0.717) is 44.4 Å². The van der Waals surface area contributed by atoms with Crippen LogP contribution in [0.4, 0.5) is 5.69 Å². The number of thiophene rings is 1. The molecule has 0 saturated carbocycles. The average Bonchev–Trinajstić information content (AvgIpc) is 3.07. The van der Waals surface area contributed by atoms with Crippen molar-refractivity contribution in [3.05, 3.63) is 45.3 Å². The summed E-state index contributed by atoms with van der Waals surface area (Å²) in [6.07, 6.45) is 4.64. The summed E-state index contributed by atoms with van der Waals surface area (Å²) in [6, 6.07) is 5.17. The van der Waals surface area contributed by atoms with E-state index >= 15 is 0 Å². The van der Waals surface area contributed by atoms with E-state index in [1.165, 1.54) is 18.4 Å². The van der Waals surface area contributed by atoms with Crippen molar-refractivity contribution in [3.8, 4) is 11.5 Å². The number of carbonyl (C=O) groups is 1. The lowest BCUT2D eigenvalue weighted by molar-refractivity contribution is 0.102. The molecular formula is C21H25N3O4S. The highest BCUT2D eigenvalue weighted by molar-refractivity contribution is 7.20. The molecule has 0 aliphatic carbocycles. The van der Waals surface area contributed by atoms with Gasteiger partial charge in [0.25, 0.3) is 11.5 Å². The van der Waals surface area contributed by atoms with Crippen LogP contribution in [0.1, 0.15) is 41.4 Å². The fourth-order valence-electron chi connectivity index (χ4n) is 3.16. The van der Waals surface area contributed by atoms with Gasteiger partial charge in [-0.1, -0.05) is 19.8 Å². The Balaban J connectivity index is 1.94. The number of anilines is 1. The third-order valence-electron chi connectivity index (χ3n) is 4.78. The van der Waals surface area contributed by atoms with Crippen molar-refractivity contribution in [3.63, 3.8) is 0 Å². The number of amides is 1. The molecule has 3 rings (SSSR count). The third-order valence-corrected chi connectivity index (χ3v) is 5.98. The number of hydrogen-bond acceptors (Lipinski definition) is 6. The Morgan fingerprint density at radius 3 is 2.72 bits per heavy atom. The average molecular weight is 416 g/mol. The molecule has 0 unspecified atom stereocenters. The number of aryl methyl sites for hydroxylation is 2. The number of methoxy groups -OCH3 is 2. The minimum absolute atomic E-state index is 0.0992. The lowest BCUT2D eigenvalue weighted by Gasteiger charge is -2.11. The molecule has 2 heterocycles. The SMILES string of the molecule is CCCCCn1cnc2sc(C(=O)Nc3cc(OC)ccc3OC)c(C)c2c1=O. The maximum atomic E-state index is 12.9. The smallest absolute Gasteiger partial charge is 0.266 e. The molecule has 2 aromatic heterocycles. The van der Waals surface area contributed by atoms with Crippen LogP contribution in [0.5, 0.6) is 11.5 Å². The predicted molar refractivity (Wildman–Crippen MR) is 116 cm³/mol. The first-order valence-electron chi connectivity index (χ1n) is 9.52. The Hall–Kier alpha value is -2.87. The second-order valence-corrected chi connectivity index (χ2v) is 7.71. The molecule has 154 valence electrons. The molecule has 1 N–H and O–H groups in total. The molecule has 0 atom stereocenters. The fraction of sp³-hybridized carbons (Fsp3) is 0.381. The van der Waals surface area contributed by atoms with E-state index in [-0.39, 0.29) is 11.5 Å². The van der Waals surface area contributed by atoms with Crippen molar-refractivity contribution in [2.45, 2.75) is 39.7 Å². The van der Waals surface area contributed by atoms with Crippen LogP contribution in [0.25, 0.3) is 10.2 Å². The molecule has 1 aromatic carbocycles. The van der Waals surface area contributed by atoms with Gasteiger partial charge in [-0.05, 0) is 31.0 Å². The molecule has 0 aliphatic rings. The Morgan fingerprint density at radius 2 is 2.03 bits per heavy atom. The van der Waals surface area contributed by atoms with Crippen molar-refractivity contribution in [2.24, 2.45) is 0 Å². The van der Waals surface area contributed by atoms with Gasteiger partial charge in [0.1, 0.15) is 16.3 Å². The minimum atomic E-state index is -0.311. The van der Waals surface area contributed by atoms with Gasteiger partial charge in [0.2, 0.25) is 0 Å². The van der Waals surface area contributed by atoms with Gasteiger partial charge >= 0.3 is 0 Å². The predicted octanol–water partition coefficient (Wildman–Crippen LogP) is 4.23. The molecule has 0 bridgehead atoms. The van der Waals surface area contributed by atoms with E-state index in [9.17, 15) is 9.59 Å². The van der Waals surface area contributed by atoms with Gasteiger partial charge in [-0.15, -0.1) is 11.3 Å². The number of nitrogens with zero attached hydrogens (tertiary/aromatic N) is 2. The highest BCUT2D eigenvalue weighted by Gasteiger charge is 2.20. The van der Waals surface area contributed by atoms with Gasteiger partial charge in [-0.2, -0.15) is 0 Å². The summed E-state index contributed by atoms with van der Waals surface area (Å²) in [4.78, 5) is 31.3. The van der Waals surface area contributed by atoms with Crippen LogP contribution in [-0.2, 0) is 6.54 Å². The van der Waals surface area contributed by atoms with E-state index in [2.05, 4.69) is 17.2 Å². The first-order valence-corrected chi connectivity index (χ1v) is 10.3. The number of fused-ring (bicyclic) bond motifs is 1. The molecule has 0 saturated heterocycles. The van der Waals surface area contributed by atoms with Crippen molar-refractivity contribution in [2.75, 3.05) is 19.5 Å². The Labute approximate surface area is 173 Å². The Bertz CT molecular complexity index is 1090. The molecular weight excluding hydrogens is 390 g/mol. The highest BCUT2D eigenvalue weighted by atomic mass is 32.1. The maximum absolute atomic E-state index is 12.9. The van der Waals surface area contributed by atoms with Crippen LogP contribution in [0.15, 0.2) is 29.3 Å². The molecule has 3 aromatic rings. The van der Waals surface area contributed by atoms with Crippen LogP contribution in [0.3, 0.4) is 0 Å². The lowest BCUT2D eigenvalue weighted by Crippen LogP contribution is -2.20. The molecule has 1 amide bonds. The molecule has 0 aliphatic heterocycles. The van der Waals surface area contributed by atoms with Crippen molar-refractivity contribution in [1.82, 2.24) is 9.55 Å². The van der Waals surface area contributed by atoms with Crippen LogP contribution >= 0.6 is 11.3 Å². The molecule has 0 radical (unpaired) electrons. The number of ether oxygens (including phenoxy) is 2. The Morgan fingerprint density at radius 1 is 1.24 bits per heavy atom. The largest absolute Gasteiger partial charge is 0.497 e. The summed E-state index contributed by atoms with van der Waals surface area (Å²) >= 11 is 1.22. The Kier molecular flexibility index (Phi) is 6.53. The van der Waals surface area contributed by atoms with Gasteiger partial charge in [0.05, 0.1) is 36.5 Å². The topological polar surface area (TPSA) is 82.5 Å². The van der Waals surface area contributed by atoms with E-state index < -0.39 is 0 Å². The fourth-order valence-corrected chi connectivity index (χ4v) is 4.19. The number of benzene rings is 1. The van der Waals surface area contributed by atoms with E-state index in [1.54, 1.807) is 43.1 Å². The highest BCUT2D eigenvalue weighted by Crippen LogP contribution is 2.32. The number of nitrogens with one attached hydrogen (secondary N) is 1. The standard InChI is InChI=1S/C21H25N3O4S/c1-5-6-7-10-24-12-22-20-17(21(24)26)13(2)18(29-20)19(25)23-15-11-14(27-3)8-9-16(15)28-4/h8-9,11-12H,5-7,10H2,1-4H3,(H,23,25). The maximum Gasteiger partial charge on any atom is 0.266 e. The summed E-state index contributed by atoms with van der Waals surface area (Å²) < 4.78 is 12.2. The first-order chi connectivity index (χ1) is 14.0. The number of carbonyl (C=O) groups excluding carboxylic acids is 1. The van der Waals surface area contributed by atoms with Gasteiger partial charge < -0.3 is 14.8 Å². The summed E-state index contributed by atoms with van der Waals surface area (Å²) in [7, 11) is 3.09. The van der Waals surface area contributed by atoms with Crippen molar-refractivity contribution >= 4 is 33.1 Å². The van der Waals surface area contributed by atoms with Crippen molar-refractivity contribution < 1.29 is 14.3 Å². The van der Waals surface area contributed by atoms with Gasteiger partial charge in [-0.25, -0.2) is 4.98 Å². The van der Waals surface area contributed by atoms with Crippen LogP contribution in [0, 0.1) is 6.92 Å². The third kappa shape index (κ3) is 4.27. The normalized spacial score (nSPS) is 10.9. The summed E-state index contributed by atoms with van der Waals surface area (Å²) in [5.41, 5.74) is 1.04. The zero-order chi connectivity index (χ0) is 21.0. The van der Waals surface area contributed by atoms with Gasteiger partial charge in [0, 0.05) is 12.6 Å². The van der Waals surface area contributed by atoms with Crippen LogP contribution in [0.2, 0.25) is 0 Å². The quantitative estimate of drug-likeness (QED) is 0.557. The summed E-state index contributed by atoms with van der Waals surface area (Å²) in [6.45, 7) is 4.54. The number of unbranched alkanes of at least 4 members (excludes halogenated alkanes) is 2. The summed E-state index contributed by atoms with van der Waals surface area (Å²) in [5, 5.41) is 3.37. The van der Waals surface area contributed by atoms with E-state index in [4.69, 9.17) is 9.47 Å². The monoisotopic (exact) mass is 415 g/mol. The second kappa shape index (κ2) is 9.09. The second-order valence-electron chi connectivity index (χ2n) is 6.71. The zero-order valence-electron chi connectivity index (χ0n) is 17.1. The molecule has 29 heavy (non-hydrogen) atoms. The van der Waals surface area contributed by atoms with Gasteiger partial charge in [0.15, 0.2) is 0 Å². The van der Waals surface area contributed by atoms with Crippen molar-refractivity contribution in [1.29, 1.82) is 0 Å². The molecule has 8 heteroatoms. The molecule has 0 spiro atoms. The lowest BCUT2D eigenvalue weighted by atomic mass is 10.2. The molecule has 7 nitrogen and oxygen atoms in total. The summed E-state index contributed by atoms with van der Waals surface area (Å²) in [5.74, 6) is 0.814. The zero-order valence-corrected chi connectivity index (χ0v) is 17.9. The number of rotatable bonds is 8. The van der Waals surface area contributed by atoms with E-state index in [0.717, 1.165) is 19.3 Å². The molecule has 0 fully saturated rings. The minimum Gasteiger partial charge on any atom is -0.497 e. The number of aromatic nitrogens is 2. The van der Waals surface area contributed by atoms with Gasteiger partial charge in [-0.3, -0.25) is 14.2 Å². The van der Waals surface area contributed by atoms with Crippen LogP contribution in [-0.4, -0.2) is 29.7 Å².